The highest BCUT2D eigenvalue weighted by molar-refractivity contribution is 6.34. The number of furan rings is 1. The average Bonchev–Trinajstić information content (AvgIpc) is 3.09. The van der Waals surface area contributed by atoms with Gasteiger partial charge >= 0.3 is 6.09 Å². The lowest BCUT2D eigenvalue weighted by atomic mass is 10.2. The van der Waals surface area contributed by atoms with Crippen LogP contribution >= 0.6 is 11.6 Å². The van der Waals surface area contributed by atoms with Crippen LogP contribution < -0.4 is 5.32 Å². The van der Waals surface area contributed by atoms with Crippen molar-refractivity contribution in [3.8, 4) is 11.3 Å². The molecule has 0 bridgehead atoms. The molecule has 0 aliphatic carbocycles. The largest absolute Gasteiger partial charge is 0.457 e. The van der Waals surface area contributed by atoms with Gasteiger partial charge in [-0.25, -0.2) is 9.18 Å². The van der Waals surface area contributed by atoms with Crippen LogP contribution in [0.25, 0.3) is 11.3 Å². The van der Waals surface area contributed by atoms with Crippen molar-refractivity contribution >= 4 is 23.6 Å². The molecule has 132 valence electrons. The summed E-state index contributed by atoms with van der Waals surface area (Å²) in [5.41, 5.74) is 0.729. The molecule has 0 fully saturated rings. The van der Waals surface area contributed by atoms with Crippen LogP contribution in [0.15, 0.2) is 65.1 Å². The summed E-state index contributed by atoms with van der Waals surface area (Å²) in [5, 5.41) is 2.30. The van der Waals surface area contributed by atoms with Gasteiger partial charge in [-0.1, -0.05) is 35.9 Å². The number of halogens is 2. The Balaban J connectivity index is 1.57. The molecular formula is C19H13ClFNO4. The normalized spacial score (nSPS) is 10.4. The summed E-state index contributed by atoms with van der Waals surface area (Å²) in [5.74, 6) is -0.255. The van der Waals surface area contributed by atoms with E-state index in [1.807, 2.05) is 0 Å². The third-order valence-corrected chi connectivity index (χ3v) is 3.78. The van der Waals surface area contributed by atoms with Gasteiger partial charge in [-0.15, -0.1) is 0 Å². The van der Waals surface area contributed by atoms with Crippen LogP contribution in [0.1, 0.15) is 16.1 Å². The Hall–Kier alpha value is -3.12. The Morgan fingerprint density at radius 1 is 1.08 bits per heavy atom. The van der Waals surface area contributed by atoms with E-state index < -0.39 is 12.0 Å². The molecule has 5 nitrogen and oxygen atoms in total. The van der Waals surface area contributed by atoms with E-state index in [9.17, 15) is 14.0 Å². The molecule has 3 aromatic rings. The van der Waals surface area contributed by atoms with E-state index in [4.69, 9.17) is 20.8 Å². The molecule has 2 amide bonds. The van der Waals surface area contributed by atoms with Crippen LogP contribution in [0.2, 0.25) is 5.02 Å². The molecule has 0 spiro atoms. The van der Waals surface area contributed by atoms with Crippen LogP contribution in [0.5, 0.6) is 0 Å². The summed E-state index contributed by atoms with van der Waals surface area (Å²) in [4.78, 5) is 23.7. The molecule has 0 atom stereocenters. The Morgan fingerprint density at radius 2 is 1.88 bits per heavy atom. The highest BCUT2D eigenvalue weighted by atomic mass is 35.5. The molecule has 0 saturated heterocycles. The molecule has 1 heterocycles. The quantitative estimate of drug-likeness (QED) is 0.712. The number of nitrogens with one attached hydrogen (secondary N) is 1. The minimum atomic E-state index is -0.932. The van der Waals surface area contributed by atoms with E-state index in [1.54, 1.807) is 42.5 Å². The number of carbonyl (C=O) groups is 2. The standard InChI is InChI=1S/C19H13ClFNO4/c20-16-7-2-1-6-15(16)18(23)22-19(24)25-11-14-8-9-17(26-14)12-4-3-5-13(21)10-12/h1-10H,11H2,(H,22,23,24). The van der Waals surface area contributed by atoms with Crippen LogP contribution in [-0.2, 0) is 11.3 Å². The van der Waals surface area contributed by atoms with Crippen molar-refractivity contribution in [1.82, 2.24) is 5.32 Å². The lowest BCUT2D eigenvalue weighted by molar-refractivity contribution is 0.0903. The van der Waals surface area contributed by atoms with Crippen molar-refractivity contribution in [2.75, 3.05) is 0 Å². The monoisotopic (exact) mass is 373 g/mol. The number of rotatable bonds is 4. The zero-order valence-corrected chi connectivity index (χ0v) is 14.1. The van der Waals surface area contributed by atoms with Gasteiger partial charge in [-0.2, -0.15) is 0 Å². The minimum Gasteiger partial charge on any atom is -0.457 e. The van der Waals surface area contributed by atoms with Crippen LogP contribution in [0.3, 0.4) is 0 Å². The number of carbonyl (C=O) groups excluding carboxylic acids is 2. The Kier molecular flexibility index (Phi) is 5.34. The van der Waals surface area contributed by atoms with Crippen molar-refractivity contribution < 1.29 is 23.1 Å². The molecule has 7 heteroatoms. The number of hydrogen-bond acceptors (Lipinski definition) is 4. The number of amides is 2. The van der Waals surface area contributed by atoms with Crippen LogP contribution in [0, 0.1) is 5.82 Å². The minimum absolute atomic E-state index is 0.164. The molecule has 0 aliphatic rings. The average molecular weight is 374 g/mol. The predicted octanol–water partition coefficient (Wildman–Crippen LogP) is 4.81. The molecule has 0 unspecified atom stereocenters. The molecule has 1 N–H and O–H groups in total. The highest BCUT2D eigenvalue weighted by Gasteiger charge is 2.15. The smallest absolute Gasteiger partial charge is 0.414 e. The topological polar surface area (TPSA) is 68.5 Å². The van der Waals surface area contributed by atoms with Crippen LogP contribution in [-0.4, -0.2) is 12.0 Å². The van der Waals surface area contributed by atoms with Gasteiger partial charge in [0.15, 0.2) is 6.61 Å². The Labute approximate surface area is 153 Å². The third-order valence-electron chi connectivity index (χ3n) is 3.45. The maximum atomic E-state index is 13.2. The first-order valence-electron chi connectivity index (χ1n) is 7.60. The van der Waals surface area contributed by atoms with Gasteiger partial charge in [0, 0.05) is 5.56 Å². The lowest BCUT2D eigenvalue weighted by Crippen LogP contribution is -2.31. The summed E-state index contributed by atoms with van der Waals surface area (Å²) in [6.07, 6.45) is -0.932. The maximum absolute atomic E-state index is 13.2. The van der Waals surface area contributed by atoms with Crippen LogP contribution in [0.4, 0.5) is 9.18 Å². The van der Waals surface area contributed by atoms with E-state index in [1.165, 1.54) is 18.2 Å². The molecular weight excluding hydrogens is 361 g/mol. The molecule has 2 aromatic carbocycles. The van der Waals surface area contributed by atoms with Crippen molar-refractivity contribution in [3.05, 3.63) is 82.8 Å². The van der Waals surface area contributed by atoms with E-state index in [2.05, 4.69) is 5.32 Å². The molecule has 26 heavy (non-hydrogen) atoms. The SMILES string of the molecule is O=C(NC(=O)c1ccccc1Cl)OCc1ccc(-c2cccc(F)c2)o1. The van der Waals surface area contributed by atoms with Crippen molar-refractivity contribution in [1.29, 1.82) is 0 Å². The van der Waals surface area contributed by atoms with E-state index in [0.29, 0.717) is 17.1 Å². The molecule has 0 aliphatic heterocycles. The maximum Gasteiger partial charge on any atom is 0.414 e. The number of imide groups is 1. The molecule has 0 saturated carbocycles. The predicted molar refractivity (Wildman–Crippen MR) is 93.2 cm³/mol. The number of alkyl carbamates (subject to hydrolysis) is 1. The van der Waals surface area contributed by atoms with Gasteiger partial charge in [0.25, 0.3) is 5.91 Å². The number of benzene rings is 2. The van der Waals surface area contributed by atoms with Gasteiger partial charge in [-0.05, 0) is 36.4 Å². The summed E-state index contributed by atoms with van der Waals surface area (Å²) in [6.45, 7) is -0.184. The van der Waals surface area contributed by atoms with Crippen molar-refractivity contribution in [3.63, 3.8) is 0 Å². The van der Waals surface area contributed by atoms with Gasteiger partial charge in [0.2, 0.25) is 0 Å². The highest BCUT2D eigenvalue weighted by Crippen LogP contribution is 2.23. The lowest BCUT2D eigenvalue weighted by Gasteiger charge is -2.06. The second kappa shape index (κ2) is 7.84. The van der Waals surface area contributed by atoms with Gasteiger partial charge in [0.05, 0.1) is 10.6 Å². The van der Waals surface area contributed by atoms with E-state index >= 15 is 0 Å². The van der Waals surface area contributed by atoms with Gasteiger partial charge in [0.1, 0.15) is 17.3 Å². The summed E-state index contributed by atoms with van der Waals surface area (Å²) in [6, 6.07) is 15.5. The fourth-order valence-corrected chi connectivity index (χ4v) is 2.45. The summed E-state index contributed by atoms with van der Waals surface area (Å²) in [7, 11) is 0. The first-order chi connectivity index (χ1) is 12.5. The fourth-order valence-electron chi connectivity index (χ4n) is 2.23. The first kappa shape index (κ1) is 17.7. The van der Waals surface area contributed by atoms with Crippen molar-refractivity contribution in [2.45, 2.75) is 6.61 Å². The molecule has 0 radical (unpaired) electrons. The Morgan fingerprint density at radius 3 is 2.65 bits per heavy atom. The Bertz CT molecular complexity index is 954. The second-order valence-corrected chi connectivity index (χ2v) is 5.69. The zero-order chi connectivity index (χ0) is 18.5. The fraction of sp³-hybridized carbons (Fsp3) is 0.0526. The van der Waals surface area contributed by atoms with Gasteiger partial charge in [-0.3, -0.25) is 10.1 Å². The second-order valence-electron chi connectivity index (χ2n) is 5.29. The zero-order valence-electron chi connectivity index (χ0n) is 13.4. The first-order valence-corrected chi connectivity index (χ1v) is 7.98. The summed E-state index contributed by atoms with van der Waals surface area (Å²) < 4.78 is 23.7. The number of hydrogen-bond donors (Lipinski definition) is 1. The molecule has 3 rings (SSSR count). The van der Waals surface area contributed by atoms with E-state index in [-0.39, 0.29) is 23.0 Å². The third kappa shape index (κ3) is 4.29. The van der Waals surface area contributed by atoms with Crippen molar-refractivity contribution in [2.24, 2.45) is 0 Å². The molecule has 1 aromatic heterocycles. The van der Waals surface area contributed by atoms with E-state index in [0.717, 1.165) is 0 Å². The summed E-state index contributed by atoms with van der Waals surface area (Å²) >= 11 is 5.89. The van der Waals surface area contributed by atoms with Gasteiger partial charge < -0.3 is 9.15 Å². The number of ether oxygens (including phenoxy) is 1.